The highest BCUT2D eigenvalue weighted by molar-refractivity contribution is 6.03. The normalized spacial score (nSPS) is 18.2. The molecule has 4 rings (SSSR count). The van der Waals surface area contributed by atoms with E-state index in [-0.39, 0.29) is 28.4 Å². The summed E-state index contributed by atoms with van der Waals surface area (Å²) in [5.41, 5.74) is -0.738. The lowest BCUT2D eigenvalue weighted by Crippen LogP contribution is -2.47. The molecule has 11 nitrogen and oxygen atoms in total. The van der Waals surface area contributed by atoms with Gasteiger partial charge < -0.3 is 33.9 Å². The smallest absolute Gasteiger partial charge is 0.344 e. The van der Waals surface area contributed by atoms with Gasteiger partial charge in [0.25, 0.3) is 5.91 Å². The van der Waals surface area contributed by atoms with Crippen LogP contribution in [0.2, 0.25) is 0 Å². The number of ether oxygens (including phenoxy) is 4. The van der Waals surface area contributed by atoms with Crippen LogP contribution in [0.5, 0.6) is 23.0 Å². The van der Waals surface area contributed by atoms with Gasteiger partial charge in [0.05, 0.1) is 36.8 Å². The van der Waals surface area contributed by atoms with E-state index in [4.69, 9.17) is 18.9 Å². The van der Waals surface area contributed by atoms with Crippen molar-refractivity contribution in [2.24, 2.45) is 0 Å². The van der Waals surface area contributed by atoms with Crippen LogP contribution in [-0.2, 0) is 20.8 Å². The fourth-order valence-corrected chi connectivity index (χ4v) is 4.81. The SMILES string of the molecule is CCN(CC)C(=O)c1cc2c(/C=C/Cc3cccc(OC)c3N(C)C)c3c1OC(=O)CC(O)(CC(=O)O2)C(=O)O3. The fourth-order valence-electron chi connectivity index (χ4n) is 4.81. The second kappa shape index (κ2) is 11.4. The number of methoxy groups -OCH3 is 1. The molecule has 0 spiro atoms. The number of rotatable bonds is 8. The molecule has 2 aliphatic rings. The van der Waals surface area contributed by atoms with Gasteiger partial charge in [-0.15, -0.1) is 0 Å². The Morgan fingerprint density at radius 3 is 2.35 bits per heavy atom. The average Bonchev–Trinajstić information content (AvgIpc) is 2.91. The number of benzene rings is 2. The van der Waals surface area contributed by atoms with Gasteiger partial charge in [0, 0.05) is 27.2 Å². The summed E-state index contributed by atoms with van der Waals surface area (Å²) < 4.78 is 22.2. The van der Waals surface area contributed by atoms with Crippen LogP contribution in [0.3, 0.4) is 0 Å². The molecule has 0 radical (unpaired) electrons. The molecular weight excluding hydrogens is 520 g/mol. The van der Waals surface area contributed by atoms with Gasteiger partial charge in [-0.3, -0.25) is 14.4 Å². The van der Waals surface area contributed by atoms with Gasteiger partial charge >= 0.3 is 17.9 Å². The zero-order valence-electron chi connectivity index (χ0n) is 23.1. The number of anilines is 1. The van der Waals surface area contributed by atoms with E-state index in [1.807, 2.05) is 37.2 Å². The summed E-state index contributed by atoms with van der Waals surface area (Å²) >= 11 is 0. The third-order valence-electron chi connectivity index (χ3n) is 6.78. The lowest BCUT2D eigenvalue weighted by molar-refractivity contribution is -0.168. The van der Waals surface area contributed by atoms with Crippen molar-refractivity contribution in [2.75, 3.05) is 39.2 Å². The van der Waals surface area contributed by atoms with E-state index in [1.54, 1.807) is 33.1 Å². The molecule has 0 fully saturated rings. The van der Waals surface area contributed by atoms with E-state index >= 15 is 0 Å². The van der Waals surface area contributed by atoms with Crippen molar-refractivity contribution >= 4 is 35.6 Å². The Balaban J connectivity index is 1.91. The van der Waals surface area contributed by atoms with Crippen LogP contribution in [0.25, 0.3) is 6.08 Å². The maximum atomic E-state index is 13.4. The van der Waals surface area contributed by atoms with Gasteiger partial charge in [-0.1, -0.05) is 24.3 Å². The van der Waals surface area contributed by atoms with Crippen molar-refractivity contribution < 1.29 is 43.2 Å². The number of para-hydroxylation sites is 1. The Morgan fingerprint density at radius 1 is 1.05 bits per heavy atom. The zero-order chi connectivity index (χ0) is 29.2. The van der Waals surface area contributed by atoms with E-state index in [0.29, 0.717) is 25.3 Å². The molecule has 3 bridgehead atoms. The van der Waals surface area contributed by atoms with E-state index in [1.165, 1.54) is 11.0 Å². The van der Waals surface area contributed by atoms with Crippen molar-refractivity contribution in [2.45, 2.75) is 38.7 Å². The van der Waals surface area contributed by atoms with Crippen molar-refractivity contribution in [3.8, 4) is 23.0 Å². The number of hydrogen-bond donors (Lipinski definition) is 1. The molecule has 1 amide bonds. The molecule has 1 atom stereocenters. The largest absolute Gasteiger partial charge is 0.495 e. The molecule has 1 N–H and O–H groups in total. The number of amides is 1. The van der Waals surface area contributed by atoms with Crippen LogP contribution in [0.4, 0.5) is 5.69 Å². The number of hydrogen-bond acceptors (Lipinski definition) is 10. The minimum atomic E-state index is -2.50. The minimum absolute atomic E-state index is 0.0796. The second-order valence-electron chi connectivity index (χ2n) is 9.66. The lowest BCUT2D eigenvalue weighted by atomic mass is 9.95. The number of allylic oxidation sites excluding steroid dienone is 1. The predicted molar refractivity (Wildman–Crippen MR) is 145 cm³/mol. The quantitative estimate of drug-likeness (QED) is 0.385. The number of fused-ring (bicyclic) bond motifs is 3. The van der Waals surface area contributed by atoms with Gasteiger partial charge in [-0.25, -0.2) is 4.79 Å². The molecular formula is C29H32N2O9. The average molecular weight is 553 g/mol. The van der Waals surface area contributed by atoms with Crippen LogP contribution in [0, 0.1) is 0 Å². The first-order valence-electron chi connectivity index (χ1n) is 12.9. The molecule has 2 aromatic carbocycles. The van der Waals surface area contributed by atoms with Crippen LogP contribution < -0.4 is 23.8 Å². The summed E-state index contributed by atoms with van der Waals surface area (Å²) in [6.07, 6.45) is 2.00. The topological polar surface area (TPSA) is 132 Å². The van der Waals surface area contributed by atoms with E-state index < -0.39 is 42.3 Å². The van der Waals surface area contributed by atoms with Crippen LogP contribution >= 0.6 is 0 Å². The van der Waals surface area contributed by atoms with Crippen molar-refractivity contribution in [1.29, 1.82) is 0 Å². The summed E-state index contributed by atoms with van der Waals surface area (Å²) in [6, 6.07) is 6.93. The highest BCUT2D eigenvalue weighted by atomic mass is 16.6. The maximum Gasteiger partial charge on any atom is 0.344 e. The predicted octanol–water partition coefficient (Wildman–Crippen LogP) is 2.75. The fraction of sp³-hybridized carbons (Fsp3) is 0.379. The van der Waals surface area contributed by atoms with Crippen LogP contribution in [-0.4, -0.2) is 73.7 Å². The standard InChI is InChI=1S/C29H32N2O9/c1-6-31(7-2)27(34)19-14-21-18(12-8-10-17-11-9-13-20(37-5)24(17)30(3)4)25-26(19)39-23(33)16-29(36,28(35)40-25)15-22(32)38-21/h8-9,11-14,36H,6-7,10,15-16H2,1-5H3/b12-8+. The summed E-state index contributed by atoms with van der Waals surface area (Å²) in [5.74, 6) is -3.69. The first-order valence-corrected chi connectivity index (χ1v) is 12.9. The second-order valence-corrected chi connectivity index (χ2v) is 9.66. The van der Waals surface area contributed by atoms with E-state index in [0.717, 1.165) is 11.3 Å². The lowest BCUT2D eigenvalue weighted by Gasteiger charge is -2.27. The molecule has 2 aliphatic heterocycles. The Morgan fingerprint density at radius 2 is 1.73 bits per heavy atom. The van der Waals surface area contributed by atoms with E-state index in [9.17, 15) is 24.3 Å². The summed E-state index contributed by atoms with van der Waals surface area (Å²) in [5, 5.41) is 10.9. The summed E-state index contributed by atoms with van der Waals surface area (Å²) in [7, 11) is 5.36. The van der Waals surface area contributed by atoms with Crippen LogP contribution in [0.1, 0.15) is 48.2 Å². The minimum Gasteiger partial charge on any atom is -0.495 e. The number of carbonyl (C=O) groups is 4. The Bertz CT molecular complexity index is 1390. The third kappa shape index (κ3) is 5.37. The monoisotopic (exact) mass is 552 g/mol. The van der Waals surface area contributed by atoms with Crippen molar-refractivity contribution in [1.82, 2.24) is 4.90 Å². The van der Waals surface area contributed by atoms with Gasteiger partial charge in [0.15, 0.2) is 17.1 Å². The first kappa shape index (κ1) is 28.6. The Hall–Kier alpha value is -4.38. The van der Waals surface area contributed by atoms with Crippen molar-refractivity contribution in [3.05, 3.63) is 47.0 Å². The summed E-state index contributed by atoms with van der Waals surface area (Å²) in [6.45, 7) is 4.26. The first-order chi connectivity index (χ1) is 19.0. The Labute approximate surface area is 231 Å². The summed E-state index contributed by atoms with van der Waals surface area (Å²) in [4.78, 5) is 55.6. The highest BCUT2D eigenvalue weighted by Gasteiger charge is 2.48. The highest BCUT2D eigenvalue weighted by Crippen LogP contribution is 2.46. The zero-order valence-corrected chi connectivity index (χ0v) is 23.1. The molecule has 0 aromatic heterocycles. The van der Waals surface area contributed by atoms with Gasteiger partial charge in [-0.05, 0) is 38.0 Å². The molecule has 40 heavy (non-hydrogen) atoms. The molecule has 0 saturated carbocycles. The molecule has 0 aliphatic carbocycles. The van der Waals surface area contributed by atoms with Crippen molar-refractivity contribution in [3.63, 3.8) is 0 Å². The number of nitrogens with zero attached hydrogens (tertiary/aromatic N) is 2. The third-order valence-corrected chi connectivity index (χ3v) is 6.78. The number of carbonyl (C=O) groups excluding carboxylic acids is 4. The number of esters is 3. The van der Waals surface area contributed by atoms with Gasteiger partial charge in [-0.2, -0.15) is 0 Å². The molecule has 2 heterocycles. The Kier molecular flexibility index (Phi) is 8.15. The van der Waals surface area contributed by atoms with Gasteiger partial charge in [0.2, 0.25) is 0 Å². The molecule has 0 saturated heterocycles. The van der Waals surface area contributed by atoms with Gasteiger partial charge in [0.1, 0.15) is 11.5 Å². The maximum absolute atomic E-state index is 13.4. The van der Waals surface area contributed by atoms with Crippen LogP contribution in [0.15, 0.2) is 30.3 Å². The molecule has 11 heteroatoms. The molecule has 212 valence electrons. The molecule has 1 unspecified atom stereocenters. The van der Waals surface area contributed by atoms with E-state index in [2.05, 4.69) is 0 Å². The molecule has 2 aromatic rings. The number of aliphatic hydroxyl groups is 1.